The summed E-state index contributed by atoms with van der Waals surface area (Å²) in [6.45, 7) is 15.4. The van der Waals surface area contributed by atoms with Crippen LogP contribution in [0.4, 0.5) is 0 Å². The van der Waals surface area contributed by atoms with Crippen LogP contribution in [0.3, 0.4) is 0 Å². The molecule has 0 aliphatic heterocycles. The number of hydrogen-bond acceptors (Lipinski definition) is 1. The highest BCUT2D eigenvalue weighted by molar-refractivity contribution is 5.46. The van der Waals surface area contributed by atoms with Gasteiger partial charge in [0.1, 0.15) is 5.75 Å². The molecule has 0 amide bonds. The van der Waals surface area contributed by atoms with Gasteiger partial charge in [-0.15, -0.1) is 0 Å². The fraction of sp³-hybridized carbons (Fsp3) is 0.647. The van der Waals surface area contributed by atoms with Crippen molar-refractivity contribution in [3.63, 3.8) is 0 Å². The second-order valence-electron chi connectivity index (χ2n) is 7.48. The number of aryl methyl sites for hydroxylation is 1. The van der Waals surface area contributed by atoms with Crippen LogP contribution in [0.25, 0.3) is 0 Å². The van der Waals surface area contributed by atoms with E-state index < -0.39 is 0 Å². The molecular weight excluding hydrogens is 220 g/mol. The summed E-state index contributed by atoms with van der Waals surface area (Å²) in [5, 5.41) is 10.3. The lowest BCUT2D eigenvalue weighted by Gasteiger charge is -2.25. The van der Waals surface area contributed by atoms with Gasteiger partial charge in [-0.2, -0.15) is 0 Å². The highest BCUT2D eigenvalue weighted by Gasteiger charge is 2.21. The maximum absolute atomic E-state index is 10.3. The van der Waals surface area contributed by atoms with Crippen molar-refractivity contribution in [3.8, 4) is 5.75 Å². The molecule has 0 aliphatic rings. The minimum absolute atomic E-state index is 0.129. The lowest BCUT2D eigenvalue weighted by atomic mass is 9.81. The number of rotatable bonds is 2. The second-order valence-corrected chi connectivity index (χ2v) is 7.48. The fourth-order valence-corrected chi connectivity index (χ4v) is 2.17. The SMILES string of the molecule is CCc1cc(C(C)(C)C)cc(CC(C)(C)C)c1O. The maximum atomic E-state index is 10.3. The van der Waals surface area contributed by atoms with E-state index in [-0.39, 0.29) is 10.8 Å². The Morgan fingerprint density at radius 2 is 1.44 bits per heavy atom. The van der Waals surface area contributed by atoms with E-state index in [9.17, 15) is 5.11 Å². The van der Waals surface area contributed by atoms with E-state index in [1.807, 2.05) is 0 Å². The van der Waals surface area contributed by atoms with Crippen molar-refractivity contribution in [2.45, 2.75) is 66.7 Å². The summed E-state index contributed by atoms with van der Waals surface area (Å²) in [5.41, 5.74) is 3.80. The molecule has 1 rings (SSSR count). The summed E-state index contributed by atoms with van der Waals surface area (Å²) < 4.78 is 0. The van der Waals surface area contributed by atoms with Crippen LogP contribution in [0.1, 0.15) is 65.2 Å². The molecule has 1 N–H and O–H groups in total. The van der Waals surface area contributed by atoms with Crippen LogP contribution in [0, 0.1) is 5.41 Å². The number of phenols is 1. The summed E-state index contributed by atoms with van der Waals surface area (Å²) in [4.78, 5) is 0. The molecule has 18 heavy (non-hydrogen) atoms. The van der Waals surface area contributed by atoms with Crippen molar-refractivity contribution in [1.82, 2.24) is 0 Å². The molecule has 0 unspecified atom stereocenters. The summed E-state index contributed by atoms with van der Waals surface area (Å²) in [6.07, 6.45) is 1.79. The lowest BCUT2D eigenvalue weighted by Crippen LogP contribution is -2.15. The van der Waals surface area contributed by atoms with Gasteiger partial charge in [0, 0.05) is 0 Å². The molecule has 0 fully saturated rings. The third-order valence-corrected chi connectivity index (χ3v) is 3.24. The maximum Gasteiger partial charge on any atom is 0.121 e. The van der Waals surface area contributed by atoms with Gasteiger partial charge in [-0.3, -0.25) is 0 Å². The van der Waals surface area contributed by atoms with Gasteiger partial charge in [-0.05, 0) is 40.4 Å². The van der Waals surface area contributed by atoms with Crippen molar-refractivity contribution in [3.05, 3.63) is 28.8 Å². The third kappa shape index (κ3) is 3.76. The molecule has 0 spiro atoms. The van der Waals surface area contributed by atoms with E-state index >= 15 is 0 Å². The first-order valence-electron chi connectivity index (χ1n) is 6.90. The minimum atomic E-state index is 0.129. The summed E-state index contributed by atoms with van der Waals surface area (Å²) >= 11 is 0. The smallest absolute Gasteiger partial charge is 0.121 e. The molecule has 1 heteroatoms. The van der Waals surface area contributed by atoms with E-state index in [2.05, 4.69) is 60.6 Å². The zero-order valence-corrected chi connectivity index (χ0v) is 13.0. The molecule has 0 atom stereocenters. The molecule has 0 saturated heterocycles. The third-order valence-electron chi connectivity index (χ3n) is 3.24. The van der Waals surface area contributed by atoms with Crippen molar-refractivity contribution < 1.29 is 5.11 Å². The molecule has 0 aromatic heterocycles. The van der Waals surface area contributed by atoms with E-state index in [0.717, 1.165) is 24.0 Å². The molecule has 0 heterocycles. The molecule has 0 saturated carbocycles. The van der Waals surface area contributed by atoms with Crippen LogP contribution in [-0.2, 0) is 18.3 Å². The Bertz CT molecular complexity index is 416. The number of aromatic hydroxyl groups is 1. The molecule has 0 bridgehead atoms. The van der Waals surface area contributed by atoms with E-state index in [0.29, 0.717) is 5.75 Å². The van der Waals surface area contributed by atoms with Gasteiger partial charge in [0.2, 0.25) is 0 Å². The standard InChI is InChI=1S/C17H28O/c1-8-12-9-14(17(5,6)7)10-13(15(12)18)11-16(2,3)4/h9-10,18H,8,11H2,1-7H3. The largest absolute Gasteiger partial charge is 0.507 e. The van der Waals surface area contributed by atoms with Crippen LogP contribution < -0.4 is 0 Å². The van der Waals surface area contributed by atoms with E-state index in [1.54, 1.807) is 0 Å². The molecule has 102 valence electrons. The fourth-order valence-electron chi connectivity index (χ4n) is 2.17. The Labute approximate surface area is 112 Å². The van der Waals surface area contributed by atoms with Gasteiger partial charge in [-0.1, -0.05) is 60.6 Å². The van der Waals surface area contributed by atoms with Crippen LogP contribution in [0.2, 0.25) is 0 Å². The molecule has 1 nitrogen and oxygen atoms in total. The summed E-state index contributed by atoms with van der Waals surface area (Å²) in [7, 11) is 0. The van der Waals surface area contributed by atoms with Crippen molar-refractivity contribution in [2.75, 3.05) is 0 Å². The van der Waals surface area contributed by atoms with E-state index in [4.69, 9.17) is 0 Å². The minimum Gasteiger partial charge on any atom is -0.507 e. The van der Waals surface area contributed by atoms with Gasteiger partial charge >= 0.3 is 0 Å². The van der Waals surface area contributed by atoms with Crippen molar-refractivity contribution in [1.29, 1.82) is 0 Å². The topological polar surface area (TPSA) is 20.2 Å². The van der Waals surface area contributed by atoms with Gasteiger partial charge in [0.05, 0.1) is 0 Å². The van der Waals surface area contributed by atoms with Crippen LogP contribution in [0.5, 0.6) is 5.75 Å². The van der Waals surface area contributed by atoms with E-state index in [1.165, 1.54) is 5.56 Å². The predicted molar refractivity (Wildman–Crippen MR) is 79.3 cm³/mol. The van der Waals surface area contributed by atoms with Crippen LogP contribution in [-0.4, -0.2) is 5.11 Å². The Hall–Kier alpha value is -0.980. The highest BCUT2D eigenvalue weighted by atomic mass is 16.3. The highest BCUT2D eigenvalue weighted by Crippen LogP contribution is 2.34. The lowest BCUT2D eigenvalue weighted by molar-refractivity contribution is 0.392. The van der Waals surface area contributed by atoms with Gasteiger partial charge in [0.15, 0.2) is 0 Å². The molecule has 1 aromatic rings. The average Bonchev–Trinajstić information content (AvgIpc) is 2.17. The molecular formula is C17H28O. The quantitative estimate of drug-likeness (QED) is 0.794. The summed E-state index contributed by atoms with van der Waals surface area (Å²) in [5.74, 6) is 0.500. The zero-order chi connectivity index (χ0) is 14.1. The average molecular weight is 248 g/mol. The number of phenolic OH excluding ortho intramolecular Hbond substituents is 1. The Balaban J connectivity index is 3.32. The van der Waals surface area contributed by atoms with Crippen molar-refractivity contribution >= 4 is 0 Å². The molecule has 0 radical (unpaired) electrons. The van der Waals surface area contributed by atoms with Gasteiger partial charge in [-0.25, -0.2) is 0 Å². The van der Waals surface area contributed by atoms with Crippen LogP contribution in [0.15, 0.2) is 12.1 Å². The van der Waals surface area contributed by atoms with Crippen molar-refractivity contribution in [2.24, 2.45) is 5.41 Å². The Kier molecular flexibility index (Phi) is 4.15. The molecule has 1 aromatic carbocycles. The first kappa shape index (κ1) is 15.1. The van der Waals surface area contributed by atoms with Gasteiger partial charge in [0.25, 0.3) is 0 Å². The van der Waals surface area contributed by atoms with Crippen LogP contribution >= 0.6 is 0 Å². The second kappa shape index (κ2) is 4.95. The molecule has 0 aliphatic carbocycles. The Morgan fingerprint density at radius 3 is 1.83 bits per heavy atom. The first-order chi connectivity index (χ1) is 8.04. The normalized spacial score (nSPS) is 12.8. The van der Waals surface area contributed by atoms with Gasteiger partial charge < -0.3 is 5.11 Å². The predicted octanol–water partition coefficient (Wildman–Crippen LogP) is 4.84. The zero-order valence-electron chi connectivity index (χ0n) is 13.0. The number of benzene rings is 1. The Morgan fingerprint density at radius 1 is 0.944 bits per heavy atom. The first-order valence-corrected chi connectivity index (χ1v) is 6.90. The summed E-state index contributed by atoms with van der Waals surface area (Å²) in [6, 6.07) is 4.33. The number of hydrogen-bond donors (Lipinski definition) is 1. The monoisotopic (exact) mass is 248 g/mol.